The summed E-state index contributed by atoms with van der Waals surface area (Å²) in [6.45, 7) is 10.3. The van der Waals surface area contributed by atoms with E-state index < -0.39 is 11.7 Å². The lowest BCUT2D eigenvalue weighted by molar-refractivity contribution is -0.137. The van der Waals surface area contributed by atoms with Crippen LogP contribution in [-0.4, -0.2) is 13.1 Å². The van der Waals surface area contributed by atoms with Crippen molar-refractivity contribution >= 4 is 5.69 Å². The Hall–Kier alpha value is -1.71. The highest BCUT2D eigenvalue weighted by Gasteiger charge is 2.30. The van der Waals surface area contributed by atoms with Gasteiger partial charge in [0.15, 0.2) is 0 Å². The Balaban J connectivity index is 2.70. The Kier molecular flexibility index (Phi) is 16.6. The predicted molar refractivity (Wildman–Crippen MR) is 147 cm³/mol. The molecule has 0 bridgehead atoms. The van der Waals surface area contributed by atoms with Crippen LogP contribution in [0.3, 0.4) is 0 Å². The summed E-state index contributed by atoms with van der Waals surface area (Å²) in [7, 11) is 0. The van der Waals surface area contributed by atoms with Gasteiger partial charge in [-0.25, -0.2) is 0 Å². The minimum Gasteiger partial charge on any atom is -0.371 e. The molecule has 0 radical (unpaired) electrons. The molecule has 0 amide bonds. The first-order valence-electron chi connectivity index (χ1n) is 14.0. The summed E-state index contributed by atoms with van der Waals surface area (Å²) in [5.41, 5.74) is 2.88. The molecule has 0 unspecified atom stereocenters. The molecule has 0 N–H and O–H groups in total. The van der Waals surface area contributed by atoms with Gasteiger partial charge in [0.05, 0.1) is 5.56 Å². The number of unbranched alkanes of at least 4 members (excludes halogenated alkanes) is 8. The summed E-state index contributed by atoms with van der Waals surface area (Å²) < 4.78 is 39.9. The Morgan fingerprint density at radius 1 is 0.743 bits per heavy atom. The Morgan fingerprint density at radius 3 is 1.69 bits per heavy atom. The fourth-order valence-corrected chi connectivity index (χ4v) is 4.40. The Labute approximate surface area is 213 Å². The zero-order valence-corrected chi connectivity index (χ0v) is 22.9. The van der Waals surface area contributed by atoms with Crippen molar-refractivity contribution in [3.8, 4) is 0 Å². The number of alkyl halides is 3. The maximum Gasteiger partial charge on any atom is 0.416 e. The van der Waals surface area contributed by atoms with E-state index in [0.29, 0.717) is 5.69 Å². The van der Waals surface area contributed by atoms with E-state index in [1.165, 1.54) is 87.5 Å². The molecular weight excluding hydrogens is 443 g/mol. The van der Waals surface area contributed by atoms with Crippen LogP contribution in [0.5, 0.6) is 0 Å². The molecule has 4 heteroatoms. The first-order chi connectivity index (χ1) is 16.8. The number of rotatable bonds is 19. The monoisotopic (exact) mass is 493 g/mol. The van der Waals surface area contributed by atoms with Crippen LogP contribution in [0.4, 0.5) is 18.9 Å². The molecule has 0 spiro atoms. The van der Waals surface area contributed by atoms with Crippen molar-refractivity contribution in [2.24, 2.45) is 0 Å². The summed E-state index contributed by atoms with van der Waals surface area (Å²) in [4.78, 5) is 2.12. The van der Waals surface area contributed by atoms with Gasteiger partial charge in [-0.2, -0.15) is 13.2 Å². The van der Waals surface area contributed by atoms with Gasteiger partial charge in [0.2, 0.25) is 0 Å². The predicted octanol–water partition coefficient (Wildman–Crippen LogP) is 10.9. The van der Waals surface area contributed by atoms with Gasteiger partial charge in [0, 0.05) is 18.8 Å². The largest absolute Gasteiger partial charge is 0.416 e. The molecule has 0 heterocycles. The fraction of sp³-hybridized carbons (Fsp3) is 0.677. The highest BCUT2D eigenvalue weighted by atomic mass is 19.4. The van der Waals surface area contributed by atoms with Crippen LogP contribution in [0.2, 0.25) is 0 Å². The van der Waals surface area contributed by atoms with Gasteiger partial charge in [-0.05, 0) is 70.6 Å². The van der Waals surface area contributed by atoms with Crippen LogP contribution < -0.4 is 4.90 Å². The average molecular weight is 494 g/mol. The lowest BCUT2D eigenvalue weighted by Crippen LogP contribution is -2.25. The van der Waals surface area contributed by atoms with Crippen LogP contribution in [-0.2, 0) is 6.18 Å². The first kappa shape index (κ1) is 31.3. The van der Waals surface area contributed by atoms with Gasteiger partial charge in [-0.1, -0.05) is 94.6 Å². The van der Waals surface area contributed by atoms with Crippen LogP contribution >= 0.6 is 0 Å². The standard InChI is InChI=1S/C31H50F3N/c1-5-7-9-11-13-18-27(3)20-16-24-35(30-23-15-22-29(26-30)31(32,33)34)25-17-21-28(4)19-14-12-10-8-6-2/h15,20-23,26H,5-14,16-19,24-25H2,1-4H3/b27-20+,28-21+. The van der Waals surface area contributed by atoms with Crippen LogP contribution in [0.1, 0.15) is 123 Å². The number of halogens is 3. The fourth-order valence-electron chi connectivity index (χ4n) is 4.40. The Bertz CT molecular complexity index is 699. The number of anilines is 1. The minimum atomic E-state index is -4.32. The highest BCUT2D eigenvalue weighted by Crippen LogP contribution is 2.32. The van der Waals surface area contributed by atoms with E-state index in [0.717, 1.165) is 44.8 Å². The molecular formula is C31H50F3N. The average Bonchev–Trinajstić information content (AvgIpc) is 2.82. The maximum absolute atomic E-state index is 13.3. The third kappa shape index (κ3) is 15.1. The summed E-state index contributed by atoms with van der Waals surface area (Å²) in [6, 6.07) is 5.80. The molecule has 35 heavy (non-hydrogen) atoms. The molecule has 200 valence electrons. The van der Waals surface area contributed by atoms with Crippen LogP contribution in [0.15, 0.2) is 47.6 Å². The van der Waals surface area contributed by atoms with Crippen molar-refractivity contribution in [1.29, 1.82) is 0 Å². The van der Waals surface area contributed by atoms with Gasteiger partial charge in [-0.3, -0.25) is 0 Å². The minimum absolute atomic E-state index is 0.572. The summed E-state index contributed by atoms with van der Waals surface area (Å²) in [5, 5.41) is 0. The molecule has 1 aromatic rings. The lowest BCUT2D eigenvalue weighted by Gasteiger charge is -2.25. The van der Waals surface area contributed by atoms with E-state index in [2.05, 4.69) is 44.7 Å². The SMILES string of the molecule is CCCCCCC/C(C)=C/CCN(CC/C=C(\C)CCCCCCC)c1cccc(C(F)(F)F)c1. The summed E-state index contributed by atoms with van der Waals surface area (Å²) >= 11 is 0. The van der Waals surface area contributed by atoms with Gasteiger partial charge in [0.25, 0.3) is 0 Å². The molecule has 0 aromatic heterocycles. The van der Waals surface area contributed by atoms with E-state index in [1.54, 1.807) is 0 Å². The van der Waals surface area contributed by atoms with E-state index in [4.69, 9.17) is 0 Å². The molecule has 1 nitrogen and oxygen atoms in total. The quantitative estimate of drug-likeness (QED) is 0.137. The van der Waals surface area contributed by atoms with E-state index >= 15 is 0 Å². The second-order valence-corrected chi connectivity index (χ2v) is 10.0. The second-order valence-electron chi connectivity index (χ2n) is 10.0. The Morgan fingerprint density at radius 2 is 1.23 bits per heavy atom. The normalized spacial score (nSPS) is 12.9. The summed E-state index contributed by atoms with van der Waals surface area (Å²) in [5.74, 6) is 0. The smallest absolute Gasteiger partial charge is 0.371 e. The van der Waals surface area contributed by atoms with Gasteiger partial charge < -0.3 is 4.90 Å². The van der Waals surface area contributed by atoms with Crippen molar-refractivity contribution in [3.05, 3.63) is 53.1 Å². The molecule has 0 aliphatic carbocycles. The van der Waals surface area contributed by atoms with Crippen molar-refractivity contribution in [2.75, 3.05) is 18.0 Å². The van der Waals surface area contributed by atoms with Crippen molar-refractivity contribution in [1.82, 2.24) is 0 Å². The van der Waals surface area contributed by atoms with E-state index in [9.17, 15) is 13.2 Å². The van der Waals surface area contributed by atoms with Gasteiger partial charge in [0.1, 0.15) is 0 Å². The van der Waals surface area contributed by atoms with E-state index in [1.807, 2.05) is 6.07 Å². The molecule has 1 aromatic carbocycles. The van der Waals surface area contributed by atoms with E-state index in [-0.39, 0.29) is 0 Å². The van der Waals surface area contributed by atoms with Crippen molar-refractivity contribution in [3.63, 3.8) is 0 Å². The molecule has 0 saturated heterocycles. The number of allylic oxidation sites excluding steroid dienone is 2. The highest BCUT2D eigenvalue weighted by molar-refractivity contribution is 5.49. The molecule has 0 saturated carbocycles. The van der Waals surface area contributed by atoms with Gasteiger partial charge >= 0.3 is 6.18 Å². The topological polar surface area (TPSA) is 3.24 Å². The second kappa shape index (κ2) is 18.5. The van der Waals surface area contributed by atoms with Crippen molar-refractivity contribution < 1.29 is 13.2 Å². The number of nitrogens with zero attached hydrogens (tertiary/aromatic N) is 1. The maximum atomic E-state index is 13.3. The number of benzene rings is 1. The summed E-state index contributed by atoms with van der Waals surface area (Å²) in [6.07, 6.45) is 16.9. The molecule has 0 atom stereocenters. The number of hydrogen-bond acceptors (Lipinski definition) is 1. The number of hydrogen-bond donors (Lipinski definition) is 0. The van der Waals surface area contributed by atoms with Crippen LogP contribution in [0, 0.1) is 0 Å². The molecule has 0 aliphatic heterocycles. The molecule has 1 rings (SSSR count). The van der Waals surface area contributed by atoms with Gasteiger partial charge in [-0.15, -0.1) is 0 Å². The zero-order valence-electron chi connectivity index (χ0n) is 22.9. The third-order valence-electron chi connectivity index (χ3n) is 6.67. The van der Waals surface area contributed by atoms with Crippen molar-refractivity contribution in [2.45, 2.75) is 124 Å². The molecule has 0 fully saturated rings. The molecule has 0 aliphatic rings. The lowest BCUT2D eigenvalue weighted by atomic mass is 10.1. The zero-order chi connectivity index (χ0) is 25.9. The first-order valence-corrected chi connectivity index (χ1v) is 14.0. The van der Waals surface area contributed by atoms with Crippen LogP contribution in [0.25, 0.3) is 0 Å². The third-order valence-corrected chi connectivity index (χ3v) is 6.67.